The van der Waals surface area contributed by atoms with E-state index in [0.29, 0.717) is 18.9 Å². The Morgan fingerprint density at radius 1 is 1.60 bits per heavy atom. The Kier molecular flexibility index (Phi) is 4.74. The lowest BCUT2D eigenvalue weighted by molar-refractivity contribution is -0.176. The van der Waals surface area contributed by atoms with Crippen LogP contribution in [0.3, 0.4) is 0 Å². The Morgan fingerprint density at radius 2 is 2.33 bits per heavy atom. The highest BCUT2D eigenvalue weighted by atomic mass is 16.7. The predicted molar refractivity (Wildman–Crippen MR) is 53.8 cm³/mol. The van der Waals surface area contributed by atoms with Crippen molar-refractivity contribution in [2.24, 2.45) is 0 Å². The van der Waals surface area contributed by atoms with Gasteiger partial charge in [-0.25, -0.2) is 4.79 Å². The minimum Gasteiger partial charge on any atom is -0.460 e. The van der Waals surface area contributed by atoms with Crippen LogP contribution in [0.1, 0.15) is 13.8 Å². The van der Waals surface area contributed by atoms with Gasteiger partial charge < -0.3 is 9.47 Å². The second kappa shape index (κ2) is 5.85. The number of hydrogen-bond acceptors (Lipinski definition) is 5. The maximum Gasteiger partial charge on any atom is 0.333 e. The number of hydroxylamine groups is 2. The second-order valence-electron chi connectivity index (χ2n) is 3.52. The van der Waals surface area contributed by atoms with E-state index in [-0.39, 0.29) is 18.7 Å². The van der Waals surface area contributed by atoms with Gasteiger partial charge in [-0.15, -0.1) is 0 Å². The van der Waals surface area contributed by atoms with Crippen molar-refractivity contribution in [1.29, 1.82) is 0 Å². The number of ether oxygens (including phenoxy) is 2. The standard InChI is InChI=1S/C10H17NO4/c1-8(2)10(12)13-4-5-15-11-6-9(3)14-7-11/h9H,1,4-7H2,2-3H3. The van der Waals surface area contributed by atoms with E-state index in [0.717, 1.165) is 6.54 Å². The monoisotopic (exact) mass is 215 g/mol. The molecule has 0 radical (unpaired) electrons. The van der Waals surface area contributed by atoms with Gasteiger partial charge >= 0.3 is 5.97 Å². The van der Waals surface area contributed by atoms with Gasteiger partial charge in [0.2, 0.25) is 0 Å². The van der Waals surface area contributed by atoms with Crippen molar-refractivity contribution in [1.82, 2.24) is 5.06 Å². The molecule has 86 valence electrons. The number of esters is 1. The SMILES string of the molecule is C=C(C)C(=O)OCCON1COC(C)C1. The minimum absolute atomic E-state index is 0.197. The molecule has 1 atom stereocenters. The lowest BCUT2D eigenvalue weighted by Crippen LogP contribution is -2.24. The Labute approximate surface area is 89.5 Å². The smallest absolute Gasteiger partial charge is 0.333 e. The summed E-state index contributed by atoms with van der Waals surface area (Å²) in [6.45, 7) is 8.85. The van der Waals surface area contributed by atoms with Crippen molar-refractivity contribution in [2.75, 3.05) is 26.5 Å². The molecular weight excluding hydrogens is 198 g/mol. The molecule has 0 N–H and O–H groups in total. The van der Waals surface area contributed by atoms with E-state index < -0.39 is 0 Å². The van der Waals surface area contributed by atoms with Crippen LogP contribution in [0.5, 0.6) is 0 Å². The Balaban J connectivity index is 2.02. The molecule has 5 nitrogen and oxygen atoms in total. The number of carbonyl (C=O) groups excluding carboxylic acids is 1. The summed E-state index contributed by atoms with van der Waals surface area (Å²) in [4.78, 5) is 16.3. The first kappa shape index (κ1) is 12.2. The van der Waals surface area contributed by atoms with E-state index in [4.69, 9.17) is 14.3 Å². The van der Waals surface area contributed by atoms with E-state index in [1.165, 1.54) is 0 Å². The molecule has 0 aromatic carbocycles. The Hall–Kier alpha value is -0.910. The van der Waals surface area contributed by atoms with Gasteiger partial charge in [-0.2, -0.15) is 5.06 Å². The summed E-state index contributed by atoms with van der Waals surface area (Å²) in [6.07, 6.45) is 0.197. The van der Waals surface area contributed by atoms with Crippen molar-refractivity contribution in [3.8, 4) is 0 Å². The highest BCUT2D eigenvalue weighted by Crippen LogP contribution is 2.06. The molecule has 1 unspecified atom stereocenters. The summed E-state index contributed by atoms with van der Waals surface area (Å²) >= 11 is 0. The fraction of sp³-hybridized carbons (Fsp3) is 0.700. The van der Waals surface area contributed by atoms with Gasteiger partial charge in [-0.05, 0) is 13.8 Å². The van der Waals surface area contributed by atoms with E-state index in [9.17, 15) is 4.79 Å². The van der Waals surface area contributed by atoms with Crippen molar-refractivity contribution in [3.63, 3.8) is 0 Å². The van der Waals surface area contributed by atoms with Gasteiger partial charge in [0.15, 0.2) is 0 Å². The molecule has 0 aromatic heterocycles. The summed E-state index contributed by atoms with van der Waals surface area (Å²) in [5, 5.41) is 1.71. The fourth-order valence-corrected chi connectivity index (χ4v) is 1.12. The highest BCUT2D eigenvalue weighted by Gasteiger charge is 2.19. The summed E-state index contributed by atoms with van der Waals surface area (Å²) in [6, 6.07) is 0. The van der Waals surface area contributed by atoms with Crippen LogP contribution in [-0.4, -0.2) is 43.6 Å². The van der Waals surface area contributed by atoms with Crippen molar-refractivity contribution < 1.29 is 19.1 Å². The molecule has 0 saturated carbocycles. The van der Waals surface area contributed by atoms with Crippen LogP contribution < -0.4 is 0 Å². The molecule has 0 bridgehead atoms. The number of nitrogens with zero attached hydrogens (tertiary/aromatic N) is 1. The van der Waals surface area contributed by atoms with Gasteiger partial charge in [-0.3, -0.25) is 4.84 Å². The molecule has 1 aliphatic rings. The summed E-state index contributed by atoms with van der Waals surface area (Å²) in [7, 11) is 0. The van der Waals surface area contributed by atoms with Gasteiger partial charge in [0, 0.05) is 5.57 Å². The van der Waals surface area contributed by atoms with Crippen LogP contribution in [0.4, 0.5) is 0 Å². The highest BCUT2D eigenvalue weighted by molar-refractivity contribution is 5.86. The zero-order valence-corrected chi connectivity index (χ0v) is 9.19. The van der Waals surface area contributed by atoms with Gasteiger partial charge in [0.25, 0.3) is 0 Å². The van der Waals surface area contributed by atoms with Gasteiger partial charge in [0.1, 0.15) is 19.9 Å². The lowest BCUT2D eigenvalue weighted by Gasteiger charge is -2.13. The summed E-state index contributed by atoms with van der Waals surface area (Å²) in [5.74, 6) is -0.385. The molecule has 0 spiro atoms. The quantitative estimate of drug-likeness (QED) is 0.384. The zero-order chi connectivity index (χ0) is 11.3. The van der Waals surface area contributed by atoms with Crippen molar-refractivity contribution >= 4 is 5.97 Å². The first-order chi connectivity index (χ1) is 7.09. The average Bonchev–Trinajstić information content (AvgIpc) is 2.58. The molecule has 1 rings (SSSR count). The van der Waals surface area contributed by atoms with Crippen LogP contribution in [0.15, 0.2) is 12.2 Å². The van der Waals surface area contributed by atoms with E-state index in [1.54, 1.807) is 12.0 Å². The van der Waals surface area contributed by atoms with Crippen molar-refractivity contribution in [2.45, 2.75) is 20.0 Å². The summed E-state index contributed by atoms with van der Waals surface area (Å²) in [5.41, 5.74) is 0.396. The number of hydrogen-bond donors (Lipinski definition) is 0. The van der Waals surface area contributed by atoms with Crippen LogP contribution in [0.25, 0.3) is 0 Å². The third-order valence-corrected chi connectivity index (χ3v) is 1.90. The van der Waals surface area contributed by atoms with Gasteiger partial charge in [-0.1, -0.05) is 6.58 Å². The van der Waals surface area contributed by atoms with Gasteiger partial charge in [0.05, 0.1) is 12.6 Å². The van der Waals surface area contributed by atoms with Crippen LogP contribution in [-0.2, 0) is 19.1 Å². The first-order valence-electron chi connectivity index (χ1n) is 4.91. The normalized spacial score (nSPS) is 21.6. The molecule has 1 aliphatic heterocycles. The van der Waals surface area contributed by atoms with Crippen LogP contribution in [0, 0.1) is 0 Å². The summed E-state index contributed by atoms with van der Waals surface area (Å²) < 4.78 is 10.1. The second-order valence-corrected chi connectivity index (χ2v) is 3.52. The molecule has 15 heavy (non-hydrogen) atoms. The molecule has 1 fully saturated rings. The Morgan fingerprint density at radius 3 is 2.87 bits per heavy atom. The molecule has 0 amide bonds. The first-order valence-corrected chi connectivity index (χ1v) is 4.91. The lowest BCUT2D eigenvalue weighted by atomic mass is 10.4. The largest absolute Gasteiger partial charge is 0.460 e. The topological polar surface area (TPSA) is 48.0 Å². The molecule has 1 heterocycles. The molecule has 0 aliphatic carbocycles. The number of carbonyl (C=O) groups is 1. The third-order valence-electron chi connectivity index (χ3n) is 1.90. The maximum absolute atomic E-state index is 11.0. The zero-order valence-electron chi connectivity index (χ0n) is 9.19. The molecule has 0 aromatic rings. The number of rotatable bonds is 5. The van der Waals surface area contributed by atoms with Crippen molar-refractivity contribution in [3.05, 3.63) is 12.2 Å². The van der Waals surface area contributed by atoms with E-state index in [2.05, 4.69) is 6.58 Å². The van der Waals surface area contributed by atoms with Crippen LogP contribution in [0.2, 0.25) is 0 Å². The average molecular weight is 215 g/mol. The Bertz CT molecular complexity index is 242. The maximum atomic E-state index is 11.0. The third kappa shape index (κ3) is 4.42. The minimum atomic E-state index is -0.385. The molecule has 1 saturated heterocycles. The predicted octanol–water partition coefficient (Wildman–Crippen LogP) is 0.715. The molecule has 5 heteroatoms. The van der Waals surface area contributed by atoms with Crippen LogP contribution >= 0.6 is 0 Å². The van der Waals surface area contributed by atoms with E-state index in [1.807, 2.05) is 6.92 Å². The van der Waals surface area contributed by atoms with E-state index >= 15 is 0 Å². The fourth-order valence-electron chi connectivity index (χ4n) is 1.12. The molecular formula is C10H17NO4.